The average molecular weight is 204 g/mol. The van der Waals surface area contributed by atoms with Gasteiger partial charge in [-0.15, -0.1) is 0 Å². The third-order valence-corrected chi connectivity index (χ3v) is 3.62. The fraction of sp³-hybridized carbons (Fsp3) is 0.615. The van der Waals surface area contributed by atoms with E-state index in [1.807, 2.05) is 12.4 Å². The van der Waals surface area contributed by atoms with E-state index in [2.05, 4.69) is 37.3 Å². The lowest BCUT2D eigenvalue weighted by Crippen LogP contribution is -2.25. The van der Waals surface area contributed by atoms with Gasteiger partial charge in [-0.3, -0.25) is 4.98 Å². The highest BCUT2D eigenvalue weighted by Gasteiger charge is 2.33. The number of aromatic nitrogens is 1. The van der Waals surface area contributed by atoms with Crippen molar-refractivity contribution in [3.63, 3.8) is 0 Å². The second-order valence-electron chi connectivity index (χ2n) is 4.70. The van der Waals surface area contributed by atoms with Crippen molar-refractivity contribution in [2.24, 2.45) is 11.8 Å². The molecule has 0 aliphatic heterocycles. The normalized spacial score (nSPS) is 19.9. The maximum Gasteiger partial charge on any atom is 0.0364 e. The number of nitrogens with zero attached hydrogens (tertiary/aromatic N) is 1. The van der Waals surface area contributed by atoms with Gasteiger partial charge in [-0.05, 0) is 55.8 Å². The van der Waals surface area contributed by atoms with Gasteiger partial charge in [-0.25, -0.2) is 0 Å². The Hall–Kier alpha value is -0.890. The molecule has 0 spiro atoms. The molecule has 2 nitrogen and oxygen atoms in total. The lowest BCUT2D eigenvalue weighted by Gasteiger charge is -2.25. The molecule has 2 rings (SSSR count). The molecule has 0 amide bonds. The Kier molecular flexibility index (Phi) is 3.06. The predicted molar refractivity (Wildman–Crippen MR) is 62.7 cm³/mol. The molecule has 2 unspecified atom stereocenters. The van der Waals surface area contributed by atoms with Crippen molar-refractivity contribution in [1.82, 2.24) is 10.3 Å². The van der Waals surface area contributed by atoms with Crippen LogP contribution in [0.4, 0.5) is 0 Å². The SMILES string of the molecule is CNC(c1cnccc1C)C(C)C1CC1. The summed E-state index contributed by atoms with van der Waals surface area (Å²) in [6, 6.07) is 2.56. The molecular weight excluding hydrogens is 184 g/mol. The maximum absolute atomic E-state index is 4.24. The summed E-state index contributed by atoms with van der Waals surface area (Å²) in [5, 5.41) is 3.44. The summed E-state index contributed by atoms with van der Waals surface area (Å²) >= 11 is 0. The second kappa shape index (κ2) is 4.31. The molecule has 1 aromatic rings. The molecule has 1 saturated carbocycles. The van der Waals surface area contributed by atoms with Crippen LogP contribution in [0.5, 0.6) is 0 Å². The fourth-order valence-electron chi connectivity index (χ4n) is 2.40. The number of pyridine rings is 1. The first kappa shape index (κ1) is 10.6. The fourth-order valence-corrected chi connectivity index (χ4v) is 2.40. The van der Waals surface area contributed by atoms with Crippen molar-refractivity contribution in [3.05, 3.63) is 29.6 Å². The molecule has 1 fully saturated rings. The van der Waals surface area contributed by atoms with E-state index in [9.17, 15) is 0 Å². The van der Waals surface area contributed by atoms with E-state index < -0.39 is 0 Å². The van der Waals surface area contributed by atoms with Crippen LogP contribution in [0.25, 0.3) is 0 Å². The predicted octanol–water partition coefficient (Wildman–Crippen LogP) is 2.70. The third kappa shape index (κ3) is 2.20. The van der Waals surface area contributed by atoms with Crippen molar-refractivity contribution >= 4 is 0 Å². The van der Waals surface area contributed by atoms with Crippen molar-refractivity contribution < 1.29 is 0 Å². The van der Waals surface area contributed by atoms with Crippen LogP contribution in [-0.2, 0) is 0 Å². The number of rotatable bonds is 4. The van der Waals surface area contributed by atoms with Crippen LogP contribution in [0.3, 0.4) is 0 Å². The molecule has 1 aliphatic carbocycles. The van der Waals surface area contributed by atoms with Crippen LogP contribution >= 0.6 is 0 Å². The number of nitrogens with one attached hydrogen (secondary N) is 1. The minimum Gasteiger partial charge on any atom is -0.313 e. The summed E-state index contributed by atoms with van der Waals surface area (Å²) in [5.74, 6) is 1.64. The Morgan fingerprint density at radius 3 is 2.73 bits per heavy atom. The van der Waals surface area contributed by atoms with Crippen LogP contribution in [0.1, 0.15) is 36.9 Å². The third-order valence-electron chi connectivity index (χ3n) is 3.62. The smallest absolute Gasteiger partial charge is 0.0364 e. The molecule has 2 atom stereocenters. The van der Waals surface area contributed by atoms with Crippen LogP contribution in [0.2, 0.25) is 0 Å². The van der Waals surface area contributed by atoms with Gasteiger partial charge in [0, 0.05) is 18.4 Å². The van der Waals surface area contributed by atoms with Crippen molar-refractivity contribution in [1.29, 1.82) is 0 Å². The summed E-state index contributed by atoms with van der Waals surface area (Å²) in [6.45, 7) is 4.52. The Morgan fingerprint density at radius 2 is 2.20 bits per heavy atom. The summed E-state index contributed by atoms with van der Waals surface area (Å²) in [7, 11) is 2.05. The van der Waals surface area contributed by atoms with Gasteiger partial charge < -0.3 is 5.32 Å². The summed E-state index contributed by atoms with van der Waals surface area (Å²) in [5.41, 5.74) is 2.70. The molecule has 2 heteroatoms. The highest BCUT2D eigenvalue weighted by molar-refractivity contribution is 5.26. The quantitative estimate of drug-likeness (QED) is 0.815. The minimum atomic E-state index is 0.464. The van der Waals surface area contributed by atoms with Crippen LogP contribution in [0, 0.1) is 18.8 Å². The van der Waals surface area contributed by atoms with Crippen molar-refractivity contribution in [2.75, 3.05) is 7.05 Å². The highest BCUT2D eigenvalue weighted by Crippen LogP contribution is 2.42. The van der Waals surface area contributed by atoms with E-state index in [1.54, 1.807) is 0 Å². The molecule has 1 heterocycles. The van der Waals surface area contributed by atoms with Gasteiger partial charge in [-0.2, -0.15) is 0 Å². The van der Waals surface area contributed by atoms with Gasteiger partial charge in [0.15, 0.2) is 0 Å². The monoisotopic (exact) mass is 204 g/mol. The zero-order chi connectivity index (χ0) is 10.8. The summed E-state index contributed by atoms with van der Waals surface area (Å²) in [4.78, 5) is 4.24. The van der Waals surface area contributed by atoms with Crippen LogP contribution < -0.4 is 5.32 Å². The number of aryl methyl sites for hydroxylation is 1. The lowest BCUT2D eigenvalue weighted by molar-refractivity contribution is 0.367. The first-order valence-corrected chi connectivity index (χ1v) is 5.81. The molecule has 0 radical (unpaired) electrons. The van der Waals surface area contributed by atoms with E-state index >= 15 is 0 Å². The van der Waals surface area contributed by atoms with Crippen LogP contribution in [0.15, 0.2) is 18.5 Å². The molecular formula is C13H20N2. The molecule has 0 saturated heterocycles. The summed E-state index contributed by atoms with van der Waals surface area (Å²) < 4.78 is 0. The molecule has 1 aromatic heterocycles. The topological polar surface area (TPSA) is 24.9 Å². The van der Waals surface area contributed by atoms with Gasteiger partial charge >= 0.3 is 0 Å². The number of hydrogen-bond acceptors (Lipinski definition) is 2. The van der Waals surface area contributed by atoms with Crippen molar-refractivity contribution in [3.8, 4) is 0 Å². The Balaban J connectivity index is 2.21. The largest absolute Gasteiger partial charge is 0.313 e. The van der Waals surface area contributed by atoms with E-state index in [1.165, 1.54) is 24.0 Å². The van der Waals surface area contributed by atoms with Gasteiger partial charge in [0.1, 0.15) is 0 Å². The van der Waals surface area contributed by atoms with E-state index in [0.29, 0.717) is 6.04 Å². The first-order chi connectivity index (χ1) is 7.24. The van der Waals surface area contributed by atoms with Crippen LogP contribution in [-0.4, -0.2) is 12.0 Å². The Morgan fingerprint density at radius 1 is 1.47 bits per heavy atom. The Bertz CT molecular complexity index is 331. The molecule has 82 valence electrons. The zero-order valence-corrected chi connectivity index (χ0v) is 9.83. The van der Waals surface area contributed by atoms with Gasteiger partial charge in [0.2, 0.25) is 0 Å². The van der Waals surface area contributed by atoms with E-state index in [0.717, 1.165) is 11.8 Å². The Labute approximate surface area is 92.1 Å². The zero-order valence-electron chi connectivity index (χ0n) is 9.83. The average Bonchev–Trinajstić information content (AvgIpc) is 3.05. The second-order valence-corrected chi connectivity index (χ2v) is 4.70. The number of hydrogen-bond donors (Lipinski definition) is 1. The van der Waals surface area contributed by atoms with Crippen molar-refractivity contribution in [2.45, 2.75) is 32.7 Å². The minimum absolute atomic E-state index is 0.464. The molecule has 0 bridgehead atoms. The van der Waals surface area contributed by atoms with Gasteiger partial charge in [0.25, 0.3) is 0 Å². The molecule has 15 heavy (non-hydrogen) atoms. The molecule has 1 aliphatic rings. The molecule has 1 N–H and O–H groups in total. The highest BCUT2D eigenvalue weighted by atomic mass is 14.9. The lowest BCUT2D eigenvalue weighted by atomic mass is 9.89. The standard InChI is InChI=1S/C13H20N2/c1-9-6-7-15-8-12(9)13(14-3)10(2)11-4-5-11/h6-8,10-11,13-14H,4-5H2,1-3H3. The first-order valence-electron chi connectivity index (χ1n) is 5.81. The van der Waals surface area contributed by atoms with E-state index in [4.69, 9.17) is 0 Å². The van der Waals surface area contributed by atoms with E-state index in [-0.39, 0.29) is 0 Å². The molecule has 0 aromatic carbocycles. The summed E-state index contributed by atoms with van der Waals surface area (Å²) in [6.07, 6.45) is 6.68. The van der Waals surface area contributed by atoms with Gasteiger partial charge in [0.05, 0.1) is 0 Å². The maximum atomic E-state index is 4.24. The van der Waals surface area contributed by atoms with Gasteiger partial charge in [-0.1, -0.05) is 6.92 Å².